The number of nitrogens with one attached hydrogen (secondary N) is 2. The normalized spacial score (nSPS) is 19.0. The number of imidazole rings is 1. The number of hydrogen-bond acceptors (Lipinski definition) is 7. The third kappa shape index (κ3) is 3.15. The molecule has 9 nitrogen and oxygen atoms in total. The van der Waals surface area contributed by atoms with Gasteiger partial charge in [-0.3, -0.25) is 19.7 Å². The summed E-state index contributed by atoms with van der Waals surface area (Å²) >= 11 is 1.47. The maximum absolute atomic E-state index is 12.9. The first-order valence-electron chi connectivity index (χ1n) is 9.31. The van der Waals surface area contributed by atoms with E-state index in [1.807, 2.05) is 31.3 Å². The van der Waals surface area contributed by atoms with Crippen molar-refractivity contribution in [3.63, 3.8) is 0 Å². The quantitative estimate of drug-likeness (QED) is 0.631. The summed E-state index contributed by atoms with van der Waals surface area (Å²) in [5, 5.41) is 10.8. The van der Waals surface area contributed by atoms with Crippen LogP contribution >= 0.6 is 11.3 Å². The number of carbonyl (C=O) groups excluding carboxylic acids is 3. The van der Waals surface area contributed by atoms with Gasteiger partial charge in [-0.2, -0.15) is 0 Å². The molecule has 0 radical (unpaired) electrons. The standard InChI is InChI=1S/C19H18N6O3S/c1-10-8-25-19(21-10)29-18(23-25)20-7-11-2-3-12-9-24(17(28)13(12)6-11)14-4-5-15(26)22-16(14)27/h2-3,6,8,14H,4-5,7,9H2,1H3,(H,20,23)(H,22,26,27). The second-order valence-electron chi connectivity index (χ2n) is 7.26. The number of benzene rings is 1. The predicted octanol–water partition coefficient (Wildman–Crippen LogP) is 1.47. The smallest absolute Gasteiger partial charge is 0.255 e. The minimum Gasteiger partial charge on any atom is -0.356 e. The van der Waals surface area contributed by atoms with E-state index in [0.29, 0.717) is 25.1 Å². The summed E-state index contributed by atoms with van der Waals surface area (Å²) in [5.74, 6) is -0.846. The summed E-state index contributed by atoms with van der Waals surface area (Å²) in [6.07, 6.45) is 2.49. The zero-order chi connectivity index (χ0) is 20.1. The number of piperidine rings is 1. The molecule has 0 saturated carbocycles. The van der Waals surface area contributed by atoms with E-state index in [1.165, 1.54) is 11.3 Å². The molecule has 1 atom stereocenters. The Labute approximate surface area is 169 Å². The molecule has 10 heteroatoms. The number of anilines is 1. The van der Waals surface area contributed by atoms with Gasteiger partial charge in [0.1, 0.15) is 6.04 Å². The highest BCUT2D eigenvalue weighted by molar-refractivity contribution is 7.20. The van der Waals surface area contributed by atoms with Gasteiger partial charge in [-0.05, 0) is 30.5 Å². The lowest BCUT2D eigenvalue weighted by Gasteiger charge is -2.29. The van der Waals surface area contributed by atoms with Crippen LogP contribution in [0.2, 0.25) is 0 Å². The topological polar surface area (TPSA) is 109 Å². The average Bonchev–Trinajstić information content (AvgIpc) is 3.31. The van der Waals surface area contributed by atoms with Gasteiger partial charge in [0.25, 0.3) is 5.91 Å². The molecule has 2 aliphatic heterocycles. The summed E-state index contributed by atoms with van der Waals surface area (Å²) in [5.41, 5.74) is 3.38. The van der Waals surface area contributed by atoms with E-state index in [0.717, 1.165) is 26.9 Å². The molecule has 3 amide bonds. The third-order valence-corrected chi connectivity index (χ3v) is 6.08. The van der Waals surface area contributed by atoms with Gasteiger partial charge >= 0.3 is 0 Å². The van der Waals surface area contributed by atoms with Crippen LogP contribution in [0.1, 0.15) is 40.0 Å². The van der Waals surface area contributed by atoms with Crippen LogP contribution in [-0.2, 0) is 22.7 Å². The van der Waals surface area contributed by atoms with Crippen molar-refractivity contribution in [2.75, 3.05) is 5.32 Å². The Balaban J connectivity index is 1.30. The molecule has 0 aliphatic carbocycles. The number of imide groups is 1. The summed E-state index contributed by atoms with van der Waals surface area (Å²) in [7, 11) is 0. The fourth-order valence-corrected chi connectivity index (χ4v) is 4.59. The number of rotatable bonds is 4. The fourth-order valence-electron chi connectivity index (χ4n) is 3.77. The van der Waals surface area contributed by atoms with Gasteiger partial charge in [-0.15, -0.1) is 5.10 Å². The van der Waals surface area contributed by atoms with Crippen LogP contribution in [0.25, 0.3) is 4.96 Å². The minimum absolute atomic E-state index is 0.167. The highest BCUT2D eigenvalue weighted by atomic mass is 32.1. The van der Waals surface area contributed by atoms with Crippen LogP contribution in [-0.4, -0.2) is 43.3 Å². The number of amides is 3. The number of nitrogens with zero attached hydrogens (tertiary/aromatic N) is 4. The molecule has 2 aliphatic rings. The number of fused-ring (bicyclic) bond motifs is 2. The van der Waals surface area contributed by atoms with E-state index < -0.39 is 11.9 Å². The highest BCUT2D eigenvalue weighted by Gasteiger charge is 2.39. The molecule has 0 bridgehead atoms. The Morgan fingerprint density at radius 2 is 2.17 bits per heavy atom. The first-order chi connectivity index (χ1) is 14.0. The Bertz CT molecular complexity index is 1130. The lowest BCUT2D eigenvalue weighted by atomic mass is 10.0. The van der Waals surface area contributed by atoms with Crippen molar-refractivity contribution < 1.29 is 14.4 Å². The van der Waals surface area contributed by atoms with Crippen molar-refractivity contribution in [3.8, 4) is 0 Å². The van der Waals surface area contributed by atoms with Crippen LogP contribution in [0, 0.1) is 6.92 Å². The van der Waals surface area contributed by atoms with Crippen molar-refractivity contribution in [2.24, 2.45) is 0 Å². The van der Waals surface area contributed by atoms with E-state index in [-0.39, 0.29) is 18.2 Å². The zero-order valence-electron chi connectivity index (χ0n) is 15.6. The van der Waals surface area contributed by atoms with Gasteiger partial charge in [0.2, 0.25) is 21.9 Å². The number of carbonyl (C=O) groups is 3. The van der Waals surface area contributed by atoms with Crippen molar-refractivity contribution in [1.29, 1.82) is 0 Å². The van der Waals surface area contributed by atoms with Crippen LogP contribution in [0.15, 0.2) is 24.4 Å². The first-order valence-corrected chi connectivity index (χ1v) is 10.1. The van der Waals surface area contributed by atoms with Crippen LogP contribution in [0.4, 0.5) is 5.13 Å². The van der Waals surface area contributed by atoms with Crippen LogP contribution < -0.4 is 10.6 Å². The molecule has 1 aromatic carbocycles. The minimum atomic E-state index is -0.593. The highest BCUT2D eigenvalue weighted by Crippen LogP contribution is 2.28. The summed E-state index contributed by atoms with van der Waals surface area (Å²) in [4.78, 5) is 43.2. The van der Waals surface area contributed by atoms with E-state index in [1.54, 1.807) is 9.42 Å². The lowest BCUT2D eigenvalue weighted by Crippen LogP contribution is -2.52. The molecular formula is C19H18N6O3S. The molecule has 1 saturated heterocycles. The maximum atomic E-state index is 12.9. The van der Waals surface area contributed by atoms with Gasteiger partial charge in [-0.1, -0.05) is 23.5 Å². The van der Waals surface area contributed by atoms with Gasteiger partial charge in [0.05, 0.1) is 11.9 Å². The van der Waals surface area contributed by atoms with Crippen molar-refractivity contribution >= 4 is 39.2 Å². The third-order valence-electron chi connectivity index (χ3n) is 5.20. The molecule has 29 heavy (non-hydrogen) atoms. The predicted molar refractivity (Wildman–Crippen MR) is 105 cm³/mol. The fraction of sp³-hybridized carbons (Fsp3) is 0.316. The van der Waals surface area contributed by atoms with Crippen molar-refractivity contribution in [1.82, 2.24) is 24.8 Å². The van der Waals surface area contributed by atoms with Gasteiger partial charge < -0.3 is 10.2 Å². The Kier molecular flexibility index (Phi) is 4.09. The summed E-state index contributed by atoms with van der Waals surface area (Å²) in [6, 6.07) is 5.16. The zero-order valence-corrected chi connectivity index (χ0v) is 16.5. The average molecular weight is 410 g/mol. The molecule has 2 aromatic heterocycles. The molecule has 3 aromatic rings. The van der Waals surface area contributed by atoms with Crippen molar-refractivity contribution in [3.05, 3.63) is 46.8 Å². The second-order valence-corrected chi connectivity index (χ2v) is 8.22. The second kappa shape index (κ2) is 6.66. The SMILES string of the molecule is Cc1cn2nc(NCc3ccc4c(c3)C(=O)N(C3CCC(=O)NC3=O)C4)sc2n1. The molecule has 0 spiro atoms. The molecule has 5 rings (SSSR count). The number of hydrogen-bond donors (Lipinski definition) is 2. The van der Waals surface area contributed by atoms with Crippen molar-refractivity contribution in [2.45, 2.75) is 38.9 Å². The van der Waals surface area contributed by atoms with Gasteiger partial charge in [-0.25, -0.2) is 9.50 Å². The number of aryl methyl sites for hydroxylation is 1. The van der Waals surface area contributed by atoms with Crippen LogP contribution in [0.5, 0.6) is 0 Å². The molecular weight excluding hydrogens is 392 g/mol. The maximum Gasteiger partial charge on any atom is 0.255 e. The van der Waals surface area contributed by atoms with Gasteiger partial charge in [0, 0.05) is 25.1 Å². The van der Waals surface area contributed by atoms with E-state index in [4.69, 9.17) is 0 Å². The monoisotopic (exact) mass is 410 g/mol. The summed E-state index contributed by atoms with van der Waals surface area (Å²) in [6.45, 7) is 2.83. The molecule has 4 heterocycles. The van der Waals surface area contributed by atoms with E-state index in [2.05, 4.69) is 20.7 Å². The number of aromatic nitrogens is 3. The Morgan fingerprint density at radius 1 is 1.31 bits per heavy atom. The van der Waals surface area contributed by atoms with E-state index in [9.17, 15) is 14.4 Å². The molecule has 148 valence electrons. The summed E-state index contributed by atoms with van der Waals surface area (Å²) < 4.78 is 1.74. The largest absolute Gasteiger partial charge is 0.356 e. The molecule has 2 N–H and O–H groups in total. The molecule has 1 unspecified atom stereocenters. The molecule has 1 fully saturated rings. The Morgan fingerprint density at radius 3 is 2.97 bits per heavy atom. The van der Waals surface area contributed by atoms with E-state index >= 15 is 0 Å². The Hall–Kier alpha value is -3.27. The first kappa shape index (κ1) is 17.8. The lowest BCUT2D eigenvalue weighted by molar-refractivity contribution is -0.136. The van der Waals surface area contributed by atoms with Gasteiger partial charge in [0.15, 0.2) is 0 Å². The van der Waals surface area contributed by atoms with Crippen LogP contribution in [0.3, 0.4) is 0 Å².